The fraction of sp³-hybridized carbons (Fsp3) is 0.538. The van der Waals surface area contributed by atoms with Crippen LogP contribution in [0.3, 0.4) is 0 Å². The van der Waals surface area contributed by atoms with Gasteiger partial charge in [-0.25, -0.2) is 4.39 Å². The van der Waals surface area contributed by atoms with Gasteiger partial charge >= 0.3 is 0 Å². The van der Waals surface area contributed by atoms with Crippen molar-refractivity contribution >= 4 is 11.6 Å². The number of hydrogen-bond acceptors (Lipinski definition) is 2. The van der Waals surface area contributed by atoms with Gasteiger partial charge in [0.2, 0.25) is 0 Å². The Bertz CT molecular complexity index is 344. The summed E-state index contributed by atoms with van der Waals surface area (Å²) in [7, 11) is 0. The third kappa shape index (κ3) is 5.02. The number of rotatable bonds is 7. The molecule has 0 fully saturated rings. The van der Waals surface area contributed by atoms with Gasteiger partial charge in [-0.1, -0.05) is 37.8 Å². The van der Waals surface area contributed by atoms with Gasteiger partial charge in [-0.2, -0.15) is 0 Å². The SMILES string of the molecule is CCCCCC(Cc1cc(F)ccc1Cl)NN. The average molecular weight is 259 g/mol. The first-order chi connectivity index (χ1) is 8.17. The van der Waals surface area contributed by atoms with Crippen LogP contribution in [-0.2, 0) is 6.42 Å². The molecule has 0 bridgehead atoms. The number of nitrogens with one attached hydrogen (secondary N) is 1. The first-order valence-electron chi connectivity index (χ1n) is 6.07. The zero-order valence-electron chi connectivity index (χ0n) is 10.2. The maximum absolute atomic E-state index is 13.1. The fourth-order valence-corrected chi connectivity index (χ4v) is 2.04. The number of nitrogens with two attached hydrogens (primary N) is 1. The third-order valence-corrected chi connectivity index (χ3v) is 3.23. The van der Waals surface area contributed by atoms with E-state index < -0.39 is 0 Å². The van der Waals surface area contributed by atoms with Crippen LogP contribution in [0.2, 0.25) is 5.02 Å². The normalized spacial score (nSPS) is 12.7. The van der Waals surface area contributed by atoms with Crippen molar-refractivity contribution in [3.8, 4) is 0 Å². The lowest BCUT2D eigenvalue weighted by Crippen LogP contribution is -2.36. The highest BCUT2D eigenvalue weighted by Crippen LogP contribution is 2.20. The van der Waals surface area contributed by atoms with Crippen LogP contribution < -0.4 is 11.3 Å². The zero-order valence-corrected chi connectivity index (χ0v) is 10.9. The summed E-state index contributed by atoms with van der Waals surface area (Å²) >= 11 is 6.02. The first kappa shape index (κ1) is 14.4. The largest absolute Gasteiger partial charge is 0.271 e. The molecule has 0 amide bonds. The van der Waals surface area contributed by atoms with E-state index in [1.165, 1.54) is 25.0 Å². The molecule has 0 saturated heterocycles. The van der Waals surface area contributed by atoms with Crippen LogP contribution in [0.1, 0.15) is 38.2 Å². The van der Waals surface area contributed by atoms with Crippen molar-refractivity contribution < 1.29 is 4.39 Å². The Hall–Kier alpha value is -0.640. The standard InChI is InChI=1S/C13H20ClFN2/c1-2-3-4-5-12(17-16)9-10-8-11(15)6-7-13(10)14/h6-8,12,17H,2-5,9,16H2,1H3. The second-order valence-electron chi connectivity index (χ2n) is 4.30. The molecule has 1 unspecified atom stereocenters. The van der Waals surface area contributed by atoms with E-state index >= 15 is 0 Å². The number of hydrogen-bond donors (Lipinski definition) is 2. The van der Waals surface area contributed by atoms with E-state index in [2.05, 4.69) is 12.3 Å². The monoisotopic (exact) mass is 258 g/mol. The Morgan fingerprint density at radius 3 is 2.82 bits per heavy atom. The number of benzene rings is 1. The van der Waals surface area contributed by atoms with Crippen LogP contribution in [0, 0.1) is 5.82 Å². The van der Waals surface area contributed by atoms with Crippen LogP contribution in [-0.4, -0.2) is 6.04 Å². The van der Waals surface area contributed by atoms with Crippen molar-refractivity contribution in [3.05, 3.63) is 34.6 Å². The minimum Gasteiger partial charge on any atom is -0.271 e. The quantitative estimate of drug-likeness (QED) is 0.447. The second-order valence-corrected chi connectivity index (χ2v) is 4.71. The molecular formula is C13H20ClFN2. The van der Waals surface area contributed by atoms with Gasteiger partial charge in [0.1, 0.15) is 5.82 Å². The molecule has 1 aromatic rings. The van der Waals surface area contributed by atoms with Gasteiger partial charge in [0, 0.05) is 11.1 Å². The van der Waals surface area contributed by atoms with Gasteiger partial charge in [-0.3, -0.25) is 11.3 Å². The van der Waals surface area contributed by atoms with E-state index in [4.69, 9.17) is 17.4 Å². The van der Waals surface area contributed by atoms with Gasteiger partial charge in [-0.15, -0.1) is 0 Å². The van der Waals surface area contributed by atoms with Crippen LogP contribution in [0.5, 0.6) is 0 Å². The average Bonchev–Trinajstić information content (AvgIpc) is 2.32. The molecule has 0 spiro atoms. The Balaban J connectivity index is 2.57. The molecule has 1 aromatic carbocycles. The molecule has 0 aliphatic rings. The predicted octanol–water partition coefficient (Wildman–Crippen LogP) is 3.43. The molecule has 0 aromatic heterocycles. The number of unbranched alkanes of at least 4 members (excludes halogenated alkanes) is 2. The zero-order chi connectivity index (χ0) is 12.7. The van der Waals surface area contributed by atoms with E-state index in [0.717, 1.165) is 18.4 Å². The number of halogens is 2. The summed E-state index contributed by atoms with van der Waals surface area (Å²) in [5.41, 5.74) is 3.59. The molecule has 0 radical (unpaired) electrons. The number of hydrazine groups is 1. The summed E-state index contributed by atoms with van der Waals surface area (Å²) in [5, 5.41) is 0.599. The van der Waals surface area contributed by atoms with Gasteiger partial charge < -0.3 is 0 Å². The van der Waals surface area contributed by atoms with Crippen molar-refractivity contribution in [3.63, 3.8) is 0 Å². The smallest absolute Gasteiger partial charge is 0.123 e. The van der Waals surface area contributed by atoms with E-state index in [9.17, 15) is 4.39 Å². The van der Waals surface area contributed by atoms with Gasteiger partial charge in [0.25, 0.3) is 0 Å². The summed E-state index contributed by atoms with van der Waals surface area (Å²) in [6.45, 7) is 2.16. The van der Waals surface area contributed by atoms with Crippen molar-refractivity contribution in [2.24, 2.45) is 5.84 Å². The van der Waals surface area contributed by atoms with Gasteiger partial charge in [-0.05, 0) is 36.6 Å². The molecule has 0 aliphatic carbocycles. The molecule has 0 aliphatic heterocycles. The first-order valence-corrected chi connectivity index (χ1v) is 6.45. The van der Waals surface area contributed by atoms with E-state index in [1.54, 1.807) is 6.07 Å². The van der Waals surface area contributed by atoms with E-state index in [1.807, 2.05) is 0 Å². The maximum Gasteiger partial charge on any atom is 0.123 e. The Morgan fingerprint density at radius 1 is 1.41 bits per heavy atom. The maximum atomic E-state index is 13.1. The molecule has 4 heteroatoms. The lowest BCUT2D eigenvalue weighted by atomic mass is 10.0. The highest BCUT2D eigenvalue weighted by molar-refractivity contribution is 6.31. The van der Waals surface area contributed by atoms with E-state index in [-0.39, 0.29) is 11.9 Å². The van der Waals surface area contributed by atoms with Crippen molar-refractivity contribution in [1.82, 2.24) is 5.43 Å². The summed E-state index contributed by atoms with van der Waals surface area (Å²) in [6.07, 6.45) is 5.14. The van der Waals surface area contributed by atoms with Crippen molar-refractivity contribution in [2.45, 2.75) is 45.1 Å². The topological polar surface area (TPSA) is 38.0 Å². The molecule has 2 nitrogen and oxygen atoms in total. The van der Waals surface area contributed by atoms with Crippen molar-refractivity contribution in [2.75, 3.05) is 0 Å². The third-order valence-electron chi connectivity index (χ3n) is 2.87. The lowest BCUT2D eigenvalue weighted by Gasteiger charge is -2.16. The molecule has 3 N–H and O–H groups in total. The molecule has 1 rings (SSSR count). The highest BCUT2D eigenvalue weighted by atomic mass is 35.5. The second kappa shape index (κ2) is 7.64. The van der Waals surface area contributed by atoms with Crippen LogP contribution >= 0.6 is 11.6 Å². The van der Waals surface area contributed by atoms with Gasteiger partial charge in [0.05, 0.1) is 0 Å². The fourth-order valence-electron chi connectivity index (χ4n) is 1.85. The molecule has 0 heterocycles. The van der Waals surface area contributed by atoms with Gasteiger partial charge in [0.15, 0.2) is 0 Å². The molecule has 17 heavy (non-hydrogen) atoms. The van der Waals surface area contributed by atoms with Crippen LogP contribution in [0.25, 0.3) is 0 Å². The Labute approximate surface area is 107 Å². The predicted molar refractivity (Wildman–Crippen MR) is 70.4 cm³/mol. The van der Waals surface area contributed by atoms with Crippen LogP contribution in [0.4, 0.5) is 4.39 Å². The molecule has 1 atom stereocenters. The molecular weight excluding hydrogens is 239 g/mol. The summed E-state index contributed by atoms with van der Waals surface area (Å²) in [5.74, 6) is 5.25. The Kier molecular flexibility index (Phi) is 6.48. The minimum absolute atomic E-state index is 0.154. The Morgan fingerprint density at radius 2 is 2.18 bits per heavy atom. The molecule has 96 valence electrons. The lowest BCUT2D eigenvalue weighted by molar-refractivity contribution is 0.466. The molecule has 0 saturated carbocycles. The minimum atomic E-state index is -0.256. The van der Waals surface area contributed by atoms with E-state index in [0.29, 0.717) is 11.4 Å². The summed E-state index contributed by atoms with van der Waals surface area (Å²) in [6, 6.07) is 4.59. The summed E-state index contributed by atoms with van der Waals surface area (Å²) < 4.78 is 13.1. The van der Waals surface area contributed by atoms with Crippen LogP contribution in [0.15, 0.2) is 18.2 Å². The van der Waals surface area contributed by atoms with Crippen molar-refractivity contribution in [1.29, 1.82) is 0 Å². The highest BCUT2D eigenvalue weighted by Gasteiger charge is 2.10. The summed E-state index contributed by atoms with van der Waals surface area (Å²) in [4.78, 5) is 0.